The molecule has 0 bridgehead atoms. The van der Waals surface area contributed by atoms with Crippen LogP contribution in [0.15, 0.2) is 44.4 Å². The van der Waals surface area contributed by atoms with Crippen LogP contribution in [0.4, 0.5) is 0 Å². The number of fused-ring (bicyclic) bond motifs is 1. The van der Waals surface area contributed by atoms with Gasteiger partial charge < -0.3 is 4.42 Å². The number of rotatable bonds is 2. The van der Waals surface area contributed by atoms with E-state index in [9.17, 15) is 9.59 Å². The van der Waals surface area contributed by atoms with Crippen molar-refractivity contribution in [3.05, 3.63) is 51.2 Å². The van der Waals surface area contributed by atoms with Gasteiger partial charge in [0.15, 0.2) is 0 Å². The number of thiocarbonyl (C=S) groups is 1. The second kappa shape index (κ2) is 6.77. The van der Waals surface area contributed by atoms with Gasteiger partial charge in [0, 0.05) is 11.4 Å². The number of para-hydroxylation sites is 1. The molecule has 1 aliphatic carbocycles. The van der Waals surface area contributed by atoms with Gasteiger partial charge in [-0.3, -0.25) is 9.69 Å². The number of amides is 1. The molecule has 1 aromatic heterocycles. The summed E-state index contributed by atoms with van der Waals surface area (Å²) in [6.07, 6.45) is 7.10. The van der Waals surface area contributed by atoms with Crippen LogP contribution in [0.3, 0.4) is 0 Å². The van der Waals surface area contributed by atoms with E-state index in [1.165, 1.54) is 18.2 Å². The van der Waals surface area contributed by atoms with Gasteiger partial charge in [0.2, 0.25) is 0 Å². The molecular formula is C19H17NO3S2. The van der Waals surface area contributed by atoms with Crippen molar-refractivity contribution >= 4 is 51.3 Å². The third kappa shape index (κ3) is 3.16. The van der Waals surface area contributed by atoms with Crippen LogP contribution in [-0.2, 0) is 4.79 Å². The largest absolute Gasteiger partial charge is 0.422 e. The summed E-state index contributed by atoms with van der Waals surface area (Å²) in [5.74, 6) is -0.0885. The van der Waals surface area contributed by atoms with Gasteiger partial charge in [-0.2, -0.15) is 0 Å². The molecule has 1 saturated carbocycles. The van der Waals surface area contributed by atoms with E-state index in [-0.39, 0.29) is 11.9 Å². The first-order valence-corrected chi connectivity index (χ1v) is 9.66. The van der Waals surface area contributed by atoms with Gasteiger partial charge in [-0.15, -0.1) is 0 Å². The van der Waals surface area contributed by atoms with E-state index in [4.69, 9.17) is 16.6 Å². The van der Waals surface area contributed by atoms with Gasteiger partial charge in [-0.05, 0) is 31.1 Å². The van der Waals surface area contributed by atoms with Gasteiger partial charge in [0.25, 0.3) is 5.91 Å². The summed E-state index contributed by atoms with van der Waals surface area (Å²) in [7, 11) is 0. The Morgan fingerprint density at radius 1 is 1.16 bits per heavy atom. The Morgan fingerprint density at radius 3 is 2.72 bits per heavy atom. The van der Waals surface area contributed by atoms with E-state index in [1.54, 1.807) is 23.1 Å². The molecule has 2 aromatic rings. The molecule has 2 aliphatic rings. The minimum absolute atomic E-state index is 0.0885. The van der Waals surface area contributed by atoms with E-state index < -0.39 is 5.63 Å². The predicted octanol–water partition coefficient (Wildman–Crippen LogP) is 4.33. The summed E-state index contributed by atoms with van der Waals surface area (Å²) in [5.41, 5.74) is 0.476. The lowest BCUT2D eigenvalue weighted by Gasteiger charge is -2.29. The van der Waals surface area contributed by atoms with Crippen molar-refractivity contribution in [3.63, 3.8) is 0 Å². The second-order valence-electron chi connectivity index (χ2n) is 6.37. The molecule has 1 aliphatic heterocycles. The Hall–Kier alpha value is -1.92. The maximum atomic E-state index is 12.8. The number of nitrogens with zero attached hydrogens (tertiary/aromatic N) is 1. The highest BCUT2D eigenvalue weighted by Crippen LogP contribution is 2.37. The molecule has 0 spiro atoms. The van der Waals surface area contributed by atoms with Crippen LogP contribution in [0.1, 0.15) is 37.7 Å². The molecule has 128 valence electrons. The number of thioether (sulfide) groups is 1. The fourth-order valence-corrected chi connectivity index (χ4v) is 4.84. The van der Waals surface area contributed by atoms with Gasteiger partial charge in [0.05, 0.1) is 10.5 Å². The maximum Gasteiger partial charge on any atom is 0.343 e. The van der Waals surface area contributed by atoms with Crippen molar-refractivity contribution in [2.24, 2.45) is 0 Å². The smallest absolute Gasteiger partial charge is 0.343 e. The van der Waals surface area contributed by atoms with E-state index in [0.717, 1.165) is 31.1 Å². The van der Waals surface area contributed by atoms with E-state index in [2.05, 4.69) is 0 Å². The van der Waals surface area contributed by atoms with Crippen LogP contribution in [-0.4, -0.2) is 21.2 Å². The fraction of sp³-hybridized carbons (Fsp3) is 0.316. The molecule has 6 heteroatoms. The molecule has 1 aromatic carbocycles. The summed E-state index contributed by atoms with van der Waals surface area (Å²) in [6.45, 7) is 0. The van der Waals surface area contributed by atoms with Gasteiger partial charge in [0.1, 0.15) is 9.90 Å². The van der Waals surface area contributed by atoms with E-state index in [0.29, 0.717) is 20.4 Å². The van der Waals surface area contributed by atoms with Crippen molar-refractivity contribution in [2.45, 2.75) is 38.1 Å². The maximum absolute atomic E-state index is 12.8. The van der Waals surface area contributed by atoms with Crippen LogP contribution in [0.25, 0.3) is 17.0 Å². The Labute approximate surface area is 154 Å². The van der Waals surface area contributed by atoms with Crippen molar-refractivity contribution in [2.75, 3.05) is 0 Å². The number of hydrogen-bond acceptors (Lipinski definition) is 5. The molecule has 0 unspecified atom stereocenters. The Kier molecular flexibility index (Phi) is 4.48. The first-order chi connectivity index (χ1) is 12.1. The standard InChI is InChI=1S/C19H17NO3S2/c21-17-16(25-19(24)20(17)14-7-2-1-3-8-14)11-13-10-12-6-4-5-9-15(12)23-18(13)22/h4-6,9-11,14H,1-3,7-8H2/b16-11-. The van der Waals surface area contributed by atoms with Crippen LogP contribution in [0.5, 0.6) is 0 Å². The summed E-state index contributed by atoms with van der Waals surface area (Å²) >= 11 is 6.70. The number of benzene rings is 1. The molecule has 1 amide bonds. The van der Waals surface area contributed by atoms with Crippen molar-refractivity contribution in [1.29, 1.82) is 0 Å². The second-order valence-corrected chi connectivity index (χ2v) is 8.05. The molecular weight excluding hydrogens is 354 g/mol. The molecule has 2 heterocycles. The monoisotopic (exact) mass is 371 g/mol. The normalized spacial score (nSPS) is 20.8. The minimum atomic E-state index is -0.443. The van der Waals surface area contributed by atoms with Crippen LogP contribution in [0, 0.1) is 0 Å². The van der Waals surface area contributed by atoms with Crippen molar-refractivity contribution in [1.82, 2.24) is 4.90 Å². The highest BCUT2D eigenvalue weighted by molar-refractivity contribution is 8.26. The van der Waals surface area contributed by atoms with Crippen molar-refractivity contribution < 1.29 is 9.21 Å². The first kappa shape index (κ1) is 16.5. The zero-order chi connectivity index (χ0) is 17.4. The molecule has 4 rings (SSSR count). The number of hydrogen-bond donors (Lipinski definition) is 0. The third-order valence-corrected chi connectivity index (χ3v) is 6.05. The minimum Gasteiger partial charge on any atom is -0.422 e. The van der Waals surface area contributed by atoms with Gasteiger partial charge >= 0.3 is 5.63 Å². The lowest BCUT2D eigenvalue weighted by atomic mass is 9.94. The number of carbonyl (C=O) groups excluding carboxylic acids is 1. The highest BCUT2D eigenvalue weighted by atomic mass is 32.2. The Bertz CT molecular complexity index is 941. The topological polar surface area (TPSA) is 50.5 Å². The molecule has 0 atom stereocenters. The van der Waals surface area contributed by atoms with E-state index in [1.807, 2.05) is 18.2 Å². The van der Waals surface area contributed by atoms with Crippen LogP contribution >= 0.6 is 24.0 Å². The van der Waals surface area contributed by atoms with Gasteiger partial charge in [-0.1, -0.05) is 61.4 Å². The molecule has 2 fully saturated rings. The summed E-state index contributed by atoms with van der Waals surface area (Å²) in [6, 6.07) is 9.29. The molecule has 25 heavy (non-hydrogen) atoms. The molecule has 0 N–H and O–H groups in total. The fourth-order valence-electron chi connectivity index (χ4n) is 3.45. The van der Waals surface area contributed by atoms with Gasteiger partial charge in [-0.25, -0.2) is 4.79 Å². The highest BCUT2D eigenvalue weighted by Gasteiger charge is 2.37. The Balaban J connectivity index is 1.68. The van der Waals surface area contributed by atoms with Crippen molar-refractivity contribution in [3.8, 4) is 0 Å². The zero-order valence-electron chi connectivity index (χ0n) is 13.6. The quantitative estimate of drug-likeness (QED) is 0.447. The lowest BCUT2D eigenvalue weighted by Crippen LogP contribution is -2.39. The first-order valence-electron chi connectivity index (χ1n) is 8.43. The average Bonchev–Trinajstić information content (AvgIpc) is 2.90. The van der Waals surface area contributed by atoms with Crippen LogP contribution in [0.2, 0.25) is 0 Å². The molecule has 0 radical (unpaired) electrons. The summed E-state index contributed by atoms with van der Waals surface area (Å²) in [5, 5.41) is 0.830. The summed E-state index contributed by atoms with van der Waals surface area (Å²) < 4.78 is 5.93. The average molecular weight is 371 g/mol. The molecule has 4 nitrogen and oxygen atoms in total. The third-order valence-electron chi connectivity index (χ3n) is 4.72. The SMILES string of the molecule is O=C1/C(=C/c2cc3ccccc3oc2=O)SC(=S)N1C1CCCCC1. The zero-order valence-corrected chi connectivity index (χ0v) is 15.2. The molecule has 1 saturated heterocycles. The number of carbonyl (C=O) groups is 1. The van der Waals surface area contributed by atoms with Crippen LogP contribution < -0.4 is 5.63 Å². The lowest BCUT2D eigenvalue weighted by molar-refractivity contribution is -0.124. The predicted molar refractivity (Wildman–Crippen MR) is 104 cm³/mol. The Morgan fingerprint density at radius 2 is 1.92 bits per heavy atom. The van der Waals surface area contributed by atoms with E-state index >= 15 is 0 Å². The summed E-state index contributed by atoms with van der Waals surface area (Å²) in [4.78, 5) is 27.3.